The van der Waals surface area contributed by atoms with Gasteiger partial charge in [0.15, 0.2) is 0 Å². The lowest BCUT2D eigenvalue weighted by atomic mass is 10.1. The van der Waals surface area contributed by atoms with Crippen LogP contribution in [0.3, 0.4) is 0 Å². The highest BCUT2D eigenvalue weighted by atomic mass is 19.1. The van der Waals surface area contributed by atoms with Gasteiger partial charge in [-0.1, -0.05) is 36.9 Å². The molecule has 0 aliphatic carbocycles. The average Bonchev–Trinajstić information content (AvgIpc) is 2.98. The lowest BCUT2D eigenvalue weighted by molar-refractivity contribution is 0.0754. The van der Waals surface area contributed by atoms with Crippen molar-refractivity contribution in [2.75, 3.05) is 45.3 Å². The number of nitrogens with one attached hydrogen (secondary N) is 1. The molecule has 0 bridgehead atoms. The average molecular weight is 465 g/mol. The molecule has 34 heavy (non-hydrogen) atoms. The molecule has 1 aromatic heterocycles. The number of carbonyl (C=O) groups is 1. The van der Waals surface area contributed by atoms with Crippen LogP contribution in [-0.2, 0) is 6.54 Å². The number of ether oxygens (including phenoxy) is 1. The standard InChI is InChI=1S/C27H33FN4O2/c1-4-5-7-22(13-15-28)25(14-17-29-2)34-23-11-9-21(10-12-23)20-32-19-18-31(3)26-24(27(32)33)8-6-16-30-26/h4-13,16,25,29H,1,14-15,17-20H2,2-3H3/b7-5-,22-13+/t25-/m0/s1. The molecule has 1 amide bonds. The Hall–Kier alpha value is -3.45. The number of alkyl halides is 1. The monoisotopic (exact) mass is 464 g/mol. The molecule has 1 aliphatic heterocycles. The van der Waals surface area contributed by atoms with E-state index in [0.717, 1.165) is 17.7 Å². The molecule has 6 nitrogen and oxygen atoms in total. The molecular formula is C27H33FN4O2. The van der Waals surface area contributed by atoms with Crippen LogP contribution < -0.4 is 15.0 Å². The lowest BCUT2D eigenvalue weighted by Crippen LogP contribution is -2.33. The molecule has 2 heterocycles. The SMILES string of the molecule is C=C/C=C\C(=C/CF)[C@H](CCNC)Oc1ccc(CN2CCN(C)c3ncccc3C2=O)cc1. The van der Waals surface area contributed by atoms with Crippen LogP contribution in [0.4, 0.5) is 10.2 Å². The van der Waals surface area contributed by atoms with E-state index in [-0.39, 0.29) is 12.0 Å². The molecule has 0 radical (unpaired) electrons. The van der Waals surface area contributed by atoms with Crippen molar-refractivity contribution in [1.82, 2.24) is 15.2 Å². The first-order valence-electron chi connectivity index (χ1n) is 11.5. The minimum atomic E-state index is -0.563. The summed E-state index contributed by atoms with van der Waals surface area (Å²) < 4.78 is 19.3. The molecule has 1 atom stereocenters. The summed E-state index contributed by atoms with van der Waals surface area (Å²) in [5.74, 6) is 1.39. The second-order valence-electron chi connectivity index (χ2n) is 8.12. The number of fused-ring (bicyclic) bond motifs is 1. The van der Waals surface area contributed by atoms with E-state index in [1.165, 1.54) is 6.08 Å². The molecule has 0 saturated carbocycles. The quantitative estimate of drug-likeness (QED) is 0.506. The van der Waals surface area contributed by atoms with Gasteiger partial charge in [-0.25, -0.2) is 9.37 Å². The summed E-state index contributed by atoms with van der Waals surface area (Å²) in [6, 6.07) is 11.3. The molecule has 0 unspecified atom stereocenters. The first-order chi connectivity index (χ1) is 16.6. The van der Waals surface area contributed by atoms with Crippen molar-refractivity contribution < 1.29 is 13.9 Å². The van der Waals surface area contributed by atoms with E-state index in [4.69, 9.17) is 4.74 Å². The summed E-state index contributed by atoms with van der Waals surface area (Å²) >= 11 is 0. The van der Waals surface area contributed by atoms with Crippen LogP contribution in [0.1, 0.15) is 22.3 Å². The van der Waals surface area contributed by atoms with E-state index >= 15 is 0 Å². The Labute approximate surface area is 201 Å². The number of hydrogen-bond donors (Lipinski definition) is 1. The molecule has 1 N–H and O–H groups in total. The molecule has 2 aromatic rings. The Kier molecular flexibility index (Phi) is 9.40. The van der Waals surface area contributed by atoms with Crippen molar-refractivity contribution in [2.45, 2.75) is 19.1 Å². The highest BCUT2D eigenvalue weighted by molar-refractivity contribution is 5.99. The highest BCUT2D eigenvalue weighted by Gasteiger charge is 2.25. The minimum absolute atomic E-state index is 0.0186. The van der Waals surface area contributed by atoms with Gasteiger partial charge in [-0.3, -0.25) is 4.79 Å². The zero-order valence-corrected chi connectivity index (χ0v) is 19.9. The maximum Gasteiger partial charge on any atom is 0.257 e. The third-order valence-electron chi connectivity index (χ3n) is 5.71. The second kappa shape index (κ2) is 12.7. The first-order valence-corrected chi connectivity index (χ1v) is 11.5. The summed E-state index contributed by atoms with van der Waals surface area (Å²) in [6.45, 7) is 5.69. The van der Waals surface area contributed by atoms with Crippen LogP contribution >= 0.6 is 0 Å². The Bertz CT molecular complexity index is 1020. The normalized spacial score (nSPS) is 15.3. The van der Waals surface area contributed by atoms with E-state index < -0.39 is 6.67 Å². The van der Waals surface area contributed by atoms with E-state index in [0.29, 0.717) is 43.2 Å². The third-order valence-corrected chi connectivity index (χ3v) is 5.71. The molecule has 3 rings (SSSR count). The number of rotatable bonds is 11. The summed E-state index contributed by atoms with van der Waals surface area (Å²) in [7, 11) is 3.83. The Morgan fingerprint density at radius 3 is 2.79 bits per heavy atom. The lowest BCUT2D eigenvalue weighted by Gasteiger charge is -2.22. The predicted octanol–water partition coefficient (Wildman–Crippen LogP) is 4.17. The van der Waals surface area contributed by atoms with Crippen LogP contribution in [0, 0.1) is 0 Å². The molecule has 1 aliphatic rings. The summed E-state index contributed by atoms with van der Waals surface area (Å²) in [4.78, 5) is 21.3. The molecule has 1 aromatic carbocycles. The van der Waals surface area contributed by atoms with Crippen molar-refractivity contribution in [3.63, 3.8) is 0 Å². The number of pyridine rings is 1. The van der Waals surface area contributed by atoms with E-state index in [1.54, 1.807) is 24.4 Å². The number of anilines is 1. The maximum absolute atomic E-state index is 13.1. The van der Waals surface area contributed by atoms with Gasteiger partial charge in [0.25, 0.3) is 5.91 Å². The number of likely N-dealkylation sites (N-methyl/N-ethyl adjacent to an activating group) is 1. The van der Waals surface area contributed by atoms with Gasteiger partial charge in [0.2, 0.25) is 0 Å². The fourth-order valence-corrected chi connectivity index (χ4v) is 3.87. The number of carbonyl (C=O) groups excluding carboxylic acids is 1. The predicted molar refractivity (Wildman–Crippen MR) is 135 cm³/mol. The van der Waals surface area contributed by atoms with E-state index in [2.05, 4.69) is 16.9 Å². The van der Waals surface area contributed by atoms with Gasteiger partial charge in [-0.05, 0) is 55.1 Å². The number of amides is 1. The maximum atomic E-state index is 13.1. The van der Waals surface area contributed by atoms with Gasteiger partial charge in [0.05, 0.1) is 5.56 Å². The third kappa shape index (κ3) is 6.54. The number of nitrogens with zero attached hydrogens (tertiary/aromatic N) is 3. The van der Waals surface area contributed by atoms with Crippen molar-refractivity contribution in [3.05, 3.63) is 90.2 Å². The highest BCUT2D eigenvalue weighted by Crippen LogP contribution is 2.24. The zero-order valence-electron chi connectivity index (χ0n) is 19.9. The number of halogens is 1. The van der Waals surface area contributed by atoms with Gasteiger partial charge in [0, 0.05) is 39.3 Å². The smallest absolute Gasteiger partial charge is 0.257 e. The second-order valence-corrected chi connectivity index (χ2v) is 8.12. The molecule has 0 fully saturated rings. The van der Waals surface area contributed by atoms with Gasteiger partial charge in [-0.15, -0.1) is 0 Å². The van der Waals surface area contributed by atoms with Gasteiger partial charge >= 0.3 is 0 Å². The Balaban J connectivity index is 1.72. The molecule has 180 valence electrons. The molecule has 0 saturated heterocycles. The number of allylic oxidation sites excluding steroid dienone is 3. The van der Waals surface area contributed by atoms with Gasteiger partial charge in [0.1, 0.15) is 24.3 Å². The summed E-state index contributed by atoms with van der Waals surface area (Å²) in [5, 5.41) is 3.12. The Morgan fingerprint density at radius 2 is 2.09 bits per heavy atom. The van der Waals surface area contributed by atoms with Crippen molar-refractivity contribution >= 4 is 11.7 Å². The fourth-order valence-electron chi connectivity index (χ4n) is 3.87. The van der Waals surface area contributed by atoms with Crippen LogP contribution in [0.25, 0.3) is 0 Å². The van der Waals surface area contributed by atoms with Crippen LogP contribution in [-0.4, -0.2) is 62.3 Å². The van der Waals surface area contributed by atoms with Gasteiger partial charge < -0.3 is 19.9 Å². The van der Waals surface area contributed by atoms with Crippen LogP contribution in [0.2, 0.25) is 0 Å². The summed E-state index contributed by atoms with van der Waals surface area (Å²) in [5.41, 5.74) is 2.40. The van der Waals surface area contributed by atoms with Crippen molar-refractivity contribution in [1.29, 1.82) is 0 Å². The topological polar surface area (TPSA) is 57.7 Å². The fraction of sp³-hybridized carbons (Fsp3) is 0.333. The Morgan fingerprint density at radius 1 is 1.29 bits per heavy atom. The largest absolute Gasteiger partial charge is 0.486 e. The van der Waals surface area contributed by atoms with Crippen molar-refractivity contribution in [2.24, 2.45) is 0 Å². The number of aromatic nitrogens is 1. The first kappa shape index (κ1) is 25.2. The van der Waals surface area contributed by atoms with Gasteiger partial charge in [-0.2, -0.15) is 0 Å². The molecule has 7 heteroatoms. The number of benzene rings is 1. The van der Waals surface area contributed by atoms with Crippen molar-refractivity contribution in [3.8, 4) is 5.75 Å². The number of hydrogen-bond acceptors (Lipinski definition) is 5. The van der Waals surface area contributed by atoms with Crippen LogP contribution in [0.5, 0.6) is 5.75 Å². The van der Waals surface area contributed by atoms with Crippen LogP contribution in [0.15, 0.2) is 79.1 Å². The molecular weight excluding hydrogens is 431 g/mol. The van der Waals surface area contributed by atoms with E-state index in [1.807, 2.05) is 60.3 Å². The minimum Gasteiger partial charge on any atom is -0.486 e. The summed E-state index contributed by atoms with van der Waals surface area (Å²) in [6.07, 6.45) is 8.91. The van der Waals surface area contributed by atoms with E-state index in [9.17, 15) is 9.18 Å². The zero-order chi connectivity index (χ0) is 24.3. The molecule has 0 spiro atoms.